The molecular weight excluding hydrogens is 436 g/mol. The van der Waals surface area contributed by atoms with E-state index < -0.39 is 36.5 Å². The zero-order chi connectivity index (χ0) is 23.8. The number of hydrogen-bond acceptors (Lipinski definition) is 5. The monoisotopic (exact) mass is 464 g/mol. The zero-order valence-electron chi connectivity index (χ0n) is 18.7. The average molecular weight is 465 g/mol. The van der Waals surface area contributed by atoms with Crippen molar-refractivity contribution in [3.05, 3.63) is 59.7 Å². The molecule has 2 aliphatic carbocycles. The summed E-state index contributed by atoms with van der Waals surface area (Å²) in [6.07, 6.45) is 0.127. The lowest BCUT2D eigenvalue weighted by Gasteiger charge is -2.29. The number of aliphatic carboxylic acids is 1. The number of rotatable bonds is 6. The molecule has 8 nitrogen and oxygen atoms in total. The van der Waals surface area contributed by atoms with Crippen molar-refractivity contribution >= 4 is 18.0 Å². The number of fused-ring (bicyclic) bond motifs is 5. The van der Waals surface area contributed by atoms with Crippen molar-refractivity contribution in [2.75, 3.05) is 13.2 Å². The Kier molecular flexibility index (Phi) is 6.00. The first-order chi connectivity index (χ1) is 16.4. The summed E-state index contributed by atoms with van der Waals surface area (Å²) in [6, 6.07) is 14.6. The first-order valence-electron chi connectivity index (χ1n) is 11.7. The number of nitrogens with one attached hydrogen (secondary N) is 1. The molecule has 178 valence electrons. The molecule has 2 aromatic carbocycles. The smallest absolute Gasteiger partial charge is 0.407 e. The fourth-order valence-electron chi connectivity index (χ4n) is 5.83. The number of carbonyl (C=O) groups excluding carboxylic acids is 2. The maximum atomic E-state index is 13.2. The van der Waals surface area contributed by atoms with Crippen LogP contribution >= 0.6 is 0 Å². The Morgan fingerprint density at radius 2 is 1.65 bits per heavy atom. The van der Waals surface area contributed by atoms with Crippen molar-refractivity contribution in [2.24, 2.45) is 5.92 Å². The summed E-state index contributed by atoms with van der Waals surface area (Å²) in [4.78, 5) is 38.9. The lowest BCUT2D eigenvalue weighted by atomic mass is 9.88. The minimum absolute atomic E-state index is 0.0778. The molecule has 2 aromatic rings. The molecule has 1 saturated carbocycles. The second kappa shape index (κ2) is 9.10. The molecular formula is C26H28N2O6. The van der Waals surface area contributed by atoms with E-state index in [1.54, 1.807) is 4.90 Å². The molecule has 3 aliphatic rings. The van der Waals surface area contributed by atoms with Crippen molar-refractivity contribution < 1.29 is 29.3 Å². The number of aliphatic hydroxyl groups is 1. The Bertz CT molecular complexity index is 1070. The van der Waals surface area contributed by atoms with Gasteiger partial charge in [0, 0.05) is 18.5 Å². The second-order valence-corrected chi connectivity index (χ2v) is 9.49. The fourth-order valence-corrected chi connectivity index (χ4v) is 5.83. The summed E-state index contributed by atoms with van der Waals surface area (Å²) < 4.78 is 5.51. The molecule has 2 bridgehead atoms. The molecule has 8 heteroatoms. The molecule has 1 heterocycles. The molecule has 4 atom stereocenters. The van der Waals surface area contributed by atoms with Crippen molar-refractivity contribution in [3.63, 3.8) is 0 Å². The summed E-state index contributed by atoms with van der Waals surface area (Å²) >= 11 is 0. The van der Waals surface area contributed by atoms with Gasteiger partial charge in [0.15, 0.2) is 0 Å². The van der Waals surface area contributed by atoms with Gasteiger partial charge in [0.2, 0.25) is 5.91 Å². The van der Waals surface area contributed by atoms with E-state index in [0.29, 0.717) is 19.4 Å². The maximum absolute atomic E-state index is 13.2. The summed E-state index contributed by atoms with van der Waals surface area (Å²) in [7, 11) is 0. The molecule has 1 aliphatic heterocycles. The van der Waals surface area contributed by atoms with E-state index in [9.17, 15) is 24.6 Å². The number of carboxylic acids is 1. The van der Waals surface area contributed by atoms with Crippen molar-refractivity contribution in [3.8, 4) is 11.1 Å². The van der Waals surface area contributed by atoms with Crippen LogP contribution in [0.1, 0.15) is 42.7 Å². The van der Waals surface area contributed by atoms with Gasteiger partial charge in [-0.15, -0.1) is 0 Å². The average Bonchev–Trinajstić information content (AvgIpc) is 3.30. The minimum Gasteiger partial charge on any atom is -0.481 e. The molecule has 0 radical (unpaired) electrons. The minimum atomic E-state index is -1.22. The SMILES string of the molecule is O=C(O)CC(NC(=O)OCC1c2ccccc2-c2ccccc21)C(=O)N1CC2CC(O)CC1C2. The van der Waals surface area contributed by atoms with E-state index in [0.717, 1.165) is 28.7 Å². The number of nitrogens with zero attached hydrogens (tertiary/aromatic N) is 1. The van der Waals surface area contributed by atoms with Crippen molar-refractivity contribution in [2.45, 2.75) is 49.8 Å². The molecule has 5 rings (SSSR count). The highest BCUT2D eigenvalue weighted by Gasteiger charge is 2.43. The molecule has 3 N–H and O–H groups in total. The Morgan fingerprint density at radius 1 is 1.00 bits per heavy atom. The van der Waals surface area contributed by atoms with Crippen LogP contribution in [-0.2, 0) is 14.3 Å². The van der Waals surface area contributed by atoms with Gasteiger partial charge in [-0.2, -0.15) is 0 Å². The van der Waals surface area contributed by atoms with Crippen LogP contribution in [0.25, 0.3) is 11.1 Å². The van der Waals surface area contributed by atoms with Crippen LogP contribution in [0.15, 0.2) is 48.5 Å². The van der Waals surface area contributed by atoms with E-state index in [2.05, 4.69) is 5.32 Å². The van der Waals surface area contributed by atoms with E-state index in [1.807, 2.05) is 48.5 Å². The van der Waals surface area contributed by atoms with Gasteiger partial charge >= 0.3 is 12.1 Å². The third-order valence-corrected chi connectivity index (χ3v) is 7.25. The number of ether oxygens (including phenoxy) is 1. The highest BCUT2D eigenvalue weighted by molar-refractivity contribution is 5.89. The fraction of sp³-hybridized carbons (Fsp3) is 0.423. The van der Waals surface area contributed by atoms with Crippen LogP contribution in [0.2, 0.25) is 0 Å². The van der Waals surface area contributed by atoms with Crippen LogP contribution in [0.4, 0.5) is 4.79 Å². The van der Waals surface area contributed by atoms with Gasteiger partial charge in [-0.3, -0.25) is 9.59 Å². The first-order valence-corrected chi connectivity index (χ1v) is 11.7. The molecule has 0 spiro atoms. The summed E-state index contributed by atoms with van der Waals surface area (Å²) in [5.74, 6) is -1.54. The highest BCUT2D eigenvalue weighted by atomic mass is 16.5. The van der Waals surface area contributed by atoms with Crippen molar-refractivity contribution in [1.29, 1.82) is 0 Å². The molecule has 2 fully saturated rings. The number of amides is 2. The Morgan fingerprint density at radius 3 is 2.29 bits per heavy atom. The Labute approximate surface area is 197 Å². The standard InChI is InChI=1S/C26H28N2O6/c29-17-10-15-9-16(11-17)28(13-15)25(32)23(12-24(30)31)27-26(33)34-14-22-20-7-3-1-5-18(20)19-6-2-4-8-21(19)22/h1-8,15-17,22-23,29H,9-14H2,(H,27,33)(H,30,31). The van der Waals surface area contributed by atoms with E-state index in [-0.39, 0.29) is 24.5 Å². The molecule has 34 heavy (non-hydrogen) atoms. The number of carboxylic acid groups (broad SMARTS) is 1. The van der Waals surface area contributed by atoms with Gasteiger partial charge in [-0.25, -0.2) is 4.79 Å². The predicted molar refractivity (Wildman–Crippen MR) is 123 cm³/mol. The Balaban J connectivity index is 1.26. The third-order valence-electron chi connectivity index (χ3n) is 7.25. The first kappa shape index (κ1) is 22.4. The number of hydrogen-bond donors (Lipinski definition) is 3. The molecule has 1 saturated heterocycles. The van der Waals surface area contributed by atoms with Gasteiger partial charge in [0.25, 0.3) is 0 Å². The van der Waals surface area contributed by atoms with Crippen LogP contribution < -0.4 is 5.32 Å². The van der Waals surface area contributed by atoms with E-state index in [1.165, 1.54) is 0 Å². The number of alkyl carbamates (subject to hydrolysis) is 1. The zero-order valence-corrected chi connectivity index (χ0v) is 18.7. The van der Waals surface area contributed by atoms with Crippen molar-refractivity contribution in [1.82, 2.24) is 10.2 Å². The third kappa shape index (κ3) is 4.25. The largest absolute Gasteiger partial charge is 0.481 e. The van der Waals surface area contributed by atoms with E-state index in [4.69, 9.17) is 4.74 Å². The number of benzene rings is 2. The number of carbonyl (C=O) groups is 3. The topological polar surface area (TPSA) is 116 Å². The van der Waals surface area contributed by atoms with E-state index >= 15 is 0 Å². The lowest BCUT2D eigenvalue weighted by Crippen LogP contribution is -2.51. The predicted octanol–water partition coefficient (Wildman–Crippen LogP) is 2.74. The van der Waals surface area contributed by atoms with Gasteiger partial charge in [0.1, 0.15) is 12.6 Å². The van der Waals surface area contributed by atoms with Crippen LogP contribution in [-0.4, -0.2) is 64.4 Å². The molecule has 4 unspecified atom stereocenters. The van der Waals surface area contributed by atoms with Gasteiger partial charge < -0.3 is 25.2 Å². The van der Waals surface area contributed by atoms with Gasteiger partial charge in [-0.1, -0.05) is 48.5 Å². The van der Waals surface area contributed by atoms with Gasteiger partial charge in [0.05, 0.1) is 12.5 Å². The number of aliphatic hydroxyl groups excluding tert-OH is 1. The van der Waals surface area contributed by atoms with Crippen LogP contribution in [0.3, 0.4) is 0 Å². The normalized spacial score (nSPS) is 23.7. The summed E-state index contributed by atoms with van der Waals surface area (Å²) in [5.41, 5.74) is 4.34. The molecule has 0 aromatic heterocycles. The summed E-state index contributed by atoms with van der Waals surface area (Å²) in [5, 5.41) is 21.8. The Hall–Kier alpha value is -3.39. The maximum Gasteiger partial charge on any atom is 0.407 e. The highest BCUT2D eigenvalue weighted by Crippen LogP contribution is 2.44. The number of likely N-dealkylation sites (tertiary alicyclic amines) is 1. The van der Waals surface area contributed by atoms with Crippen LogP contribution in [0, 0.1) is 5.92 Å². The van der Waals surface area contributed by atoms with Crippen LogP contribution in [0.5, 0.6) is 0 Å². The second-order valence-electron chi connectivity index (χ2n) is 9.49. The van der Waals surface area contributed by atoms with Gasteiger partial charge in [-0.05, 0) is 47.4 Å². The lowest BCUT2D eigenvalue weighted by molar-refractivity contribution is -0.143. The molecule has 2 amide bonds. The summed E-state index contributed by atoms with van der Waals surface area (Å²) in [6.45, 7) is 0.553. The quantitative estimate of drug-likeness (QED) is 0.605.